The van der Waals surface area contributed by atoms with Crippen LogP contribution in [0.1, 0.15) is 28.1 Å². The van der Waals surface area contributed by atoms with Crippen molar-refractivity contribution in [3.63, 3.8) is 0 Å². The molecule has 1 aromatic rings. The minimum Gasteiger partial charge on any atom is -0.393 e. The molecule has 0 radical (unpaired) electrons. The molecule has 1 heterocycles. The smallest absolute Gasteiger partial charge is 0.254 e. The number of hydrogen-bond acceptors (Lipinski definition) is 4. The van der Waals surface area contributed by atoms with Crippen LogP contribution in [0.2, 0.25) is 0 Å². The maximum absolute atomic E-state index is 12.2. The predicted molar refractivity (Wildman–Crippen MR) is 75.9 cm³/mol. The Morgan fingerprint density at radius 3 is 3.00 bits per heavy atom. The first-order chi connectivity index (χ1) is 9.10. The van der Waals surface area contributed by atoms with E-state index >= 15 is 0 Å². The van der Waals surface area contributed by atoms with Gasteiger partial charge in [0.2, 0.25) is 0 Å². The summed E-state index contributed by atoms with van der Waals surface area (Å²) in [5, 5.41) is 11.1. The van der Waals surface area contributed by atoms with Crippen LogP contribution in [0.3, 0.4) is 0 Å². The van der Waals surface area contributed by atoms with Crippen molar-refractivity contribution >= 4 is 17.2 Å². The number of thiophene rings is 1. The maximum atomic E-state index is 12.2. The summed E-state index contributed by atoms with van der Waals surface area (Å²) in [4.78, 5) is 14.8. The van der Waals surface area contributed by atoms with Gasteiger partial charge in [-0.25, -0.2) is 0 Å². The number of nitrogens with zero attached hydrogens (tertiary/aromatic N) is 1. The van der Waals surface area contributed by atoms with Crippen LogP contribution in [-0.4, -0.2) is 42.2 Å². The van der Waals surface area contributed by atoms with Crippen LogP contribution in [-0.2, 0) is 0 Å². The summed E-state index contributed by atoms with van der Waals surface area (Å²) < 4.78 is 0. The van der Waals surface area contributed by atoms with E-state index in [-0.39, 0.29) is 12.0 Å². The molecule has 4 nitrogen and oxygen atoms in total. The average molecular weight is 278 g/mol. The highest BCUT2D eigenvalue weighted by Gasteiger charge is 2.29. The maximum Gasteiger partial charge on any atom is 0.254 e. The van der Waals surface area contributed by atoms with Crippen molar-refractivity contribution in [3.05, 3.63) is 21.9 Å². The van der Waals surface area contributed by atoms with Crippen LogP contribution in [0.25, 0.3) is 0 Å². The summed E-state index contributed by atoms with van der Waals surface area (Å²) >= 11 is 1.46. The minimum atomic E-state index is -0.173. The normalized spacial score (nSPS) is 21.2. The van der Waals surface area contributed by atoms with Crippen molar-refractivity contribution in [1.82, 2.24) is 4.90 Å². The number of carbonyl (C=O) groups excluding carboxylic acids is 1. The van der Waals surface area contributed by atoms with Gasteiger partial charge in [0.05, 0.1) is 23.1 Å². The predicted octanol–water partition coefficient (Wildman–Crippen LogP) is 0.901. The lowest BCUT2D eigenvalue weighted by Gasteiger charge is -2.34. The quantitative estimate of drug-likeness (QED) is 0.807. The van der Waals surface area contributed by atoms with Gasteiger partial charge in [0.1, 0.15) is 0 Å². The van der Waals surface area contributed by atoms with Crippen LogP contribution < -0.4 is 5.73 Å². The SMILES string of the molecule is CN(CC1CC(O)C1)C(=O)c1csc(C#CCN)c1. The van der Waals surface area contributed by atoms with Gasteiger partial charge in [-0.3, -0.25) is 4.79 Å². The fourth-order valence-electron chi connectivity index (χ4n) is 2.19. The Bertz CT molecular complexity index is 509. The van der Waals surface area contributed by atoms with Gasteiger partial charge in [0.25, 0.3) is 5.91 Å². The van der Waals surface area contributed by atoms with Crippen LogP contribution in [0.4, 0.5) is 0 Å². The fraction of sp³-hybridized carbons (Fsp3) is 0.500. The van der Waals surface area contributed by atoms with Gasteiger partial charge < -0.3 is 15.7 Å². The molecule has 2 rings (SSSR count). The number of carbonyl (C=O) groups is 1. The summed E-state index contributed by atoms with van der Waals surface area (Å²) in [6, 6.07) is 1.81. The Balaban J connectivity index is 1.93. The molecule has 0 atom stereocenters. The number of rotatable bonds is 3. The van der Waals surface area contributed by atoms with Crippen LogP contribution >= 0.6 is 11.3 Å². The van der Waals surface area contributed by atoms with Crippen LogP contribution in [0.5, 0.6) is 0 Å². The first-order valence-electron chi connectivity index (χ1n) is 6.31. The van der Waals surface area contributed by atoms with Gasteiger partial charge in [-0.05, 0) is 24.8 Å². The van der Waals surface area contributed by atoms with E-state index in [0.29, 0.717) is 24.6 Å². The van der Waals surface area contributed by atoms with Gasteiger partial charge >= 0.3 is 0 Å². The van der Waals surface area contributed by atoms with Crippen molar-refractivity contribution in [3.8, 4) is 11.8 Å². The summed E-state index contributed by atoms with van der Waals surface area (Å²) in [7, 11) is 1.80. The first-order valence-corrected chi connectivity index (χ1v) is 7.19. The second kappa shape index (κ2) is 6.20. The molecule has 1 fully saturated rings. The van der Waals surface area contributed by atoms with E-state index in [1.165, 1.54) is 11.3 Å². The van der Waals surface area contributed by atoms with E-state index in [1.807, 2.05) is 11.4 Å². The molecule has 1 aliphatic rings. The molecule has 0 aromatic carbocycles. The molecule has 1 saturated carbocycles. The van der Waals surface area contributed by atoms with E-state index in [4.69, 9.17) is 5.73 Å². The number of amides is 1. The van der Waals surface area contributed by atoms with Crippen LogP contribution in [0.15, 0.2) is 11.4 Å². The number of hydrogen-bond donors (Lipinski definition) is 2. The van der Waals surface area contributed by atoms with Gasteiger partial charge in [-0.2, -0.15) is 0 Å². The minimum absolute atomic E-state index is 0.0124. The van der Waals surface area contributed by atoms with Crippen molar-refractivity contribution in [1.29, 1.82) is 0 Å². The summed E-state index contributed by atoms with van der Waals surface area (Å²) in [6.45, 7) is 1.03. The Labute approximate surface area is 117 Å². The van der Waals surface area contributed by atoms with Gasteiger partial charge in [0, 0.05) is 19.0 Å². The Morgan fingerprint density at radius 2 is 2.37 bits per heavy atom. The lowest BCUT2D eigenvalue weighted by molar-refractivity contribution is 0.0265. The molecule has 0 unspecified atom stereocenters. The summed E-state index contributed by atoms with van der Waals surface area (Å²) in [5.41, 5.74) is 5.99. The molecule has 0 spiro atoms. The second-order valence-electron chi connectivity index (χ2n) is 4.88. The highest BCUT2D eigenvalue weighted by molar-refractivity contribution is 7.10. The van der Waals surface area contributed by atoms with Crippen molar-refractivity contribution < 1.29 is 9.90 Å². The van der Waals surface area contributed by atoms with E-state index < -0.39 is 0 Å². The molecular formula is C14H18N2O2S. The van der Waals surface area contributed by atoms with Crippen molar-refractivity contribution in [2.24, 2.45) is 11.7 Å². The van der Waals surface area contributed by atoms with E-state index in [2.05, 4.69) is 11.8 Å². The summed E-state index contributed by atoms with van der Waals surface area (Å²) in [6.07, 6.45) is 1.43. The van der Waals surface area contributed by atoms with E-state index in [0.717, 1.165) is 17.7 Å². The van der Waals surface area contributed by atoms with E-state index in [9.17, 15) is 9.90 Å². The molecule has 3 N–H and O–H groups in total. The highest BCUT2D eigenvalue weighted by Crippen LogP contribution is 2.28. The Morgan fingerprint density at radius 1 is 1.63 bits per heavy atom. The number of aliphatic hydroxyl groups excluding tert-OH is 1. The highest BCUT2D eigenvalue weighted by atomic mass is 32.1. The standard InChI is InChI=1S/C14H18N2O2S/c1-16(8-10-5-12(17)6-10)14(18)11-7-13(19-9-11)3-2-4-15/h7,9-10,12,17H,4-6,8,15H2,1H3. The zero-order chi connectivity index (χ0) is 13.8. The van der Waals surface area contributed by atoms with Gasteiger partial charge in [0.15, 0.2) is 0 Å². The van der Waals surface area contributed by atoms with E-state index in [1.54, 1.807) is 11.9 Å². The molecule has 19 heavy (non-hydrogen) atoms. The Kier molecular flexibility index (Phi) is 4.59. The van der Waals surface area contributed by atoms with Crippen molar-refractivity contribution in [2.45, 2.75) is 18.9 Å². The third-order valence-electron chi connectivity index (χ3n) is 3.25. The average Bonchev–Trinajstić information content (AvgIpc) is 2.82. The molecule has 0 aliphatic heterocycles. The largest absolute Gasteiger partial charge is 0.393 e. The zero-order valence-electron chi connectivity index (χ0n) is 10.9. The van der Waals surface area contributed by atoms with Gasteiger partial charge in [-0.1, -0.05) is 11.8 Å². The van der Waals surface area contributed by atoms with Crippen LogP contribution in [0, 0.1) is 17.8 Å². The number of aliphatic hydroxyl groups is 1. The second-order valence-corrected chi connectivity index (χ2v) is 5.79. The number of nitrogens with two attached hydrogens (primary N) is 1. The van der Waals surface area contributed by atoms with Crippen molar-refractivity contribution in [2.75, 3.05) is 20.1 Å². The molecule has 1 aromatic heterocycles. The lowest BCUT2D eigenvalue weighted by Crippen LogP contribution is -2.39. The summed E-state index contributed by atoms with van der Waals surface area (Å²) in [5.74, 6) is 6.15. The molecule has 1 aliphatic carbocycles. The third-order valence-corrected chi connectivity index (χ3v) is 4.10. The fourth-order valence-corrected chi connectivity index (χ4v) is 2.94. The molecular weight excluding hydrogens is 260 g/mol. The molecule has 5 heteroatoms. The topological polar surface area (TPSA) is 66.6 Å². The zero-order valence-corrected chi connectivity index (χ0v) is 11.7. The molecule has 102 valence electrons. The monoisotopic (exact) mass is 278 g/mol. The molecule has 0 saturated heterocycles. The molecule has 0 bridgehead atoms. The molecule has 1 amide bonds. The third kappa shape index (κ3) is 3.57. The lowest BCUT2D eigenvalue weighted by atomic mass is 9.82. The van der Waals surface area contributed by atoms with Gasteiger partial charge in [-0.15, -0.1) is 11.3 Å². The first kappa shape index (κ1) is 14.1. The Hall–Kier alpha value is -1.35.